The minimum Gasteiger partial charge on any atom is -0.462 e. The van der Waals surface area contributed by atoms with Crippen molar-refractivity contribution in [1.29, 1.82) is 0 Å². The van der Waals surface area contributed by atoms with E-state index in [1.54, 1.807) is 6.92 Å². The third kappa shape index (κ3) is 3.64. The van der Waals surface area contributed by atoms with E-state index < -0.39 is 17.8 Å². The molecule has 2 aromatic rings. The van der Waals surface area contributed by atoms with Crippen molar-refractivity contribution in [2.75, 3.05) is 16.8 Å². The number of ether oxygens (including phenoxy) is 1. The van der Waals surface area contributed by atoms with Gasteiger partial charge >= 0.3 is 5.97 Å². The van der Waals surface area contributed by atoms with Crippen molar-refractivity contribution in [3.63, 3.8) is 0 Å². The van der Waals surface area contributed by atoms with Crippen LogP contribution in [-0.4, -0.2) is 24.4 Å². The molecule has 0 saturated heterocycles. The monoisotopic (exact) mass is 398 g/mol. The van der Waals surface area contributed by atoms with E-state index >= 15 is 0 Å². The maximum absolute atomic E-state index is 12.8. The quantitative estimate of drug-likeness (QED) is 0.610. The molecule has 1 aliphatic heterocycles. The topological polar surface area (TPSA) is 75.7 Å². The number of carbonyl (C=O) groups is 3. The molecule has 1 heterocycles. The number of halogens is 1. The average Bonchev–Trinajstić information content (AvgIpc) is 2.87. The van der Waals surface area contributed by atoms with Crippen LogP contribution in [0.3, 0.4) is 0 Å². The highest BCUT2D eigenvalue weighted by Crippen LogP contribution is 2.31. The summed E-state index contributed by atoms with van der Waals surface area (Å²) in [7, 11) is 0. The molecule has 28 heavy (non-hydrogen) atoms. The van der Waals surface area contributed by atoms with Gasteiger partial charge in [-0.1, -0.05) is 29.3 Å². The minimum atomic E-state index is -0.622. The van der Waals surface area contributed by atoms with Crippen molar-refractivity contribution in [2.45, 2.75) is 20.8 Å². The molecule has 2 amide bonds. The summed E-state index contributed by atoms with van der Waals surface area (Å²) < 4.78 is 4.93. The van der Waals surface area contributed by atoms with E-state index in [0.29, 0.717) is 16.9 Å². The van der Waals surface area contributed by atoms with E-state index in [9.17, 15) is 14.4 Å². The van der Waals surface area contributed by atoms with Crippen LogP contribution < -0.4 is 10.2 Å². The lowest BCUT2D eigenvalue weighted by atomic mass is 10.1. The number of amides is 2. The molecule has 0 atom stereocenters. The van der Waals surface area contributed by atoms with Crippen molar-refractivity contribution in [2.24, 2.45) is 0 Å². The molecule has 0 unspecified atom stereocenters. The van der Waals surface area contributed by atoms with Gasteiger partial charge in [-0.05, 0) is 56.7 Å². The van der Waals surface area contributed by atoms with Gasteiger partial charge in [0.25, 0.3) is 11.8 Å². The van der Waals surface area contributed by atoms with Gasteiger partial charge in [-0.15, -0.1) is 0 Å². The van der Waals surface area contributed by atoms with Crippen molar-refractivity contribution in [3.8, 4) is 0 Å². The Morgan fingerprint density at radius 3 is 2.36 bits per heavy atom. The summed E-state index contributed by atoms with van der Waals surface area (Å²) in [4.78, 5) is 38.1. The first-order valence-electron chi connectivity index (χ1n) is 8.73. The zero-order valence-corrected chi connectivity index (χ0v) is 16.5. The molecule has 0 bridgehead atoms. The molecule has 3 rings (SSSR count). The Hall–Kier alpha value is -3.12. The Labute approximate surface area is 167 Å². The first-order chi connectivity index (χ1) is 13.3. The average molecular weight is 399 g/mol. The molecule has 0 spiro atoms. The highest BCUT2D eigenvalue weighted by molar-refractivity contribution is 6.53. The fraction of sp³-hybridized carbons (Fsp3) is 0.190. The van der Waals surface area contributed by atoms with E-state index in [1.807, 2.05) is 32.0 Å². The zero-order chi connectivity index (χ0) is 20.4. The molecule has 0 radical (unpaired) electrons. The number of aryl methyl sites for hydroxylation is 2. The van der Waals surface area contributed by atoms with Crippen LogP contribution in [0.2, 0.25) is 0 Å². The predicted molar refractivity (Wildman–Crippen MR) is 107 cm³/mol. The van der Waals surface area contributed by atoms with Gasteiger partial charge in [0.05, 0.1) is 17.9 Å². The Morgan fingerprint density at radius 1 is 1.07 bits per heavy atom. The first kappa shape index (κ1) is 19.6. The second kappa shape index (κ2) is 7.86. The number of nitrogens with zero attached hydrogens (tertiary/aromatic N) is 1. The molecule has 1 N–H and O–H groups in total. The molecule has 7 heteroatoms. The van der Waals surface area contributed by atoms with Crippen LogP contribution in [0.4, 0.5) is 11.4 Å². The summed E-state index contributed by atoms with van der Waals surface area (Å²) in [5, 5.41) is 2.79. The second-order valence-electron chi connectivity index (χ2n) is 6.35. The van der Waals surface area contributed by atoms with Gasteiger partial charge in [-0.25, -0.2) is 9.69 Å². The number of hydrogen-bond acceptors (Lipinski definition) is 5. The number of anilines is 2. The number of imide groups is 1. The van der Waals surface area contributed by atoms with Crippen LogP contribution in [0.1, 0.15) is 28.4 Å². The molecule has 0 saturated carbocycles. The molecular formula is C21H19ClN2O4. The van der Waals surface area contributed by atoms with Crippen LogP contribution in [0.5, 0.6) is 0 Å². The largest absolute Gasteiger partial charge is 0.462 e. The van der Waals surface area contributed by atoms with Crippen LogP contribution in [0.15, 0.2) is 53.2 Å². The van der Waals surface area contributed by atoms with Gasteiger partial charge in [0, 0.05) is 5.69 Å². The molecule has 1 aliphatic rings. The molecule has 6 nitrogen and oxygen atoms in total. The molecule has 0 aliphatic carbocycles. The number of benzene rings is 2. The van der Waals surface area contributed by atoms with E-state index in [4.69, 9.17) is 16.3 Å². The summed E-state index contributed by atoms with van der Waals surface area (Å²) in [6.45, 7) is 5.84. The maximum Gasteiger partial charge on any atom is 0.338 e. The van der Waals surface area contributed by atoms with Crippen molar-refractivity contribution in [3.05, 3.63) is 69.9 Å². The Bertz CT molecular complexity index is 996. The van der Waals surface area contributed by atoms with Crippen molar-refractivity contribution < 1.29 is 19.1 Å². The number of esters is 1. The van der Waals surface area contributed by atoms with Gasteiger partial charge in [-0.2, -0.15) is 0 Å². The lowest BCUT2D eigenvalue weighted by Gasteiger charge is -2.16. The molecule has 0 aromatic heterocycles. The van der Waals surface area contributed by atoms with Crippen LogP contribution in [-0.2, 0) is 14.3 Å². The van der Waals surface area contributed by atoms with Crippen LogP contribution >= 0.6 is 11.6 Å². The summed E-state index contributed by atoms with van der Waals surface area (Å²) in [6.07, 6.45) is 0. The standard InChI is InChI=1S/C21H19ClN2O4/c1-4-28-21(27)14-6-8-15(9-7-14)24-19(25)17(22)18(20(24)26)23-16-10-5-12(2)11-13(16)3/h5-11,23H,4H2,1-3H3. The van der Waals surface area contributed by atoms with Gasteiger partial charge in [-0.3, -0.25) is 9.59 Å². The van der Waals surface area contributed by atoms with Gasteiger partial charge in [0.2, 0.25) is 0 Å². The fourth-order valence-corrected chi connectivity index (χ4v) is 3.11. The molecule has 144 valence electrons. The highest BCUT2D eigenvalue weighted by Gasteiger charge is 2.39. The van der Waals surface area contributed by atoms with Gasteiger partial charge in [0.15, 0.2) is 0 Å². The first-order valence-corrected chi connectivity index (χ1v) is 9.11. The zero-order valence-electron chi connectivity index (χ0n) is 15.7. The van der Waals surface area contributed by atoms with E-state index in [2.05, 4.69) is 5.32 Å². The number of hydrogen-bond donors (Lipinski definition) is 1. The Balaban J connectivity index is 1.85. The maximum atomic E-state index is 12.8. The molecule has 2 aromatic carbocycles. The number of rotatable bonds is 5. The smallest absolute Gasteiger partial charge is 0.338 e. The Morgan fingerprint density at radius 2 is 1.75 bits per heavy atom. The third-order valence-corrected chi connectivity index (χ3v) is 4.66. The van der Waals surface area contributed by atoms with Crippen LogP contribution in [0.25, 0.3) is 0 Å². The minimum absolute atomic E-state index is 0.0214. The third-order valence-electron chi connectivity index (χ3n) is 4.31. The van der Waals surface area contributed by atoms with Gasteiger partial charge in [0.1, 0.15) is 10.7 Å². The number of nitrogens with one attached hydrogen (secondary N) is 1. The van der Waals surface area contributed by atoms with Crippen molar-refractivity contribution >= 4 is 40.8 Å². The Kier molecular flexibility index (Phi) is 5.51. The normalized spacial score (nSPS) is 13.9. The summed E-state index contributed by atoms with van der Waals surface area (Å²) in [5.41, 5.74) is 3.37. The summed E-state index contributed by atoms with van der Waals surface area (Å²) >= 11 is 6.16. The molecule has 0 fully saturated rings. The second-order valence-corrected chi connectivity index (χ2v) is 6.72. The summed E-state index contributed by atoms with van der Waals surface area (Å²) in [5.74, 6) is -1.65. The van der Waals surface area contributed by atoms with E-state index in [-0.39, 0.29) is 17.3 Å². The number of carbonyl (C=O) groups excluding carboxylic acids is 3. The SMILES string of the molecule is CCOC(=O)c1ccc(N2C(=O)C(Cl)=C(Nc3ccc(C)cc3C)C2=O)cc1. The predicted octanol–water partition coefficient (Wildman–Crippen LogP) is 3.92. The highest BCUT2D eigenvalue weighted by atomic mass is 35.5. The fourth-order valence-electron chi connectivity index (χ4n) is 2.90. The molecular weight excluding hydrogens is 380 g/mol. The summed E-state index contributed by atoms with van der Waals surface area (Å²) in [6, 6.07) is 11.7. The lowest BCUT2D eigenvalue weighted by Crippen LogP contribution is -2.32. The van der Waals surface area contributed by atoms with Gasteiger partial charge < -0.3 is 10.1 Å². The van der Waals surface area contributed by atoms with Crippen LogP contribution in [0, 0.1) is 13.8 Å². The van der Waals surface area contributed by atoms with Crippen molar-refractivity contribution in [1.82, 2.24) is 0 Å². The van der Waals surface area contributed by atoms with E-state index in [1.165, 1.54) is 24.3 Å². The lowest BCUT2D eigenvalue weighted by molar-refractivity contribution is -0.120. The van der Waals surface area contributed by atoms with E-state index in [0.717, 1.165) is 16.0 Å².